The Balaban J connectivity index is 3.46. The van der Waals surface area contributed by atoms with Crippen molar-refractivity contribution < 1.29 is 9.28 Å². The Bertz CT molecular complexity index is 239. The lowest BCUT2D eigenvalue weighted by Crippen LogP contribution is -2.41. The van der Waals surface area contributed by atoms with Crippen molar-refractivity contribution in [2.45, 2.75) is 71.1 Å². The standard InChI is InChI=1S/C17H36N2O/c1-5-6-7-8-9-12-15-19(3,4)16-13-10-11-14-17(20)18-2/h2,5-16H2,1,3-4H3,(H,18,20)/q+1. The second-order valence-corrected chi connectivity index (χ2v) is 6.56. The van der Waals surface area contributed by atoms with Gasteiger partial charge >= 0.3 is 0 Å². The third kappa shape index (κ3) is 12.5. The van der Waals surface area contributed by atoms with Gasteiger partial charge in [0.15, 0.2) is 0 Å². The number of nitrogens with one attached hydrogen (secondary N) is 1. The summed E-state index contributed by atoms with van der Waals surface area (Å²) in [5.74, 6) is 0.0610. The lowest BCUT2D eigenvalue weighted by atomic mass is 10.1. The van der Waals surface area contributed by atoms with Gasteiger partial charge in [-0.2, -0.15) is 0 Å². The van der Waals surface area contributed by atoms with Crippen LogP contribution in [0, 0.1) is 7.05 Å². The van der Waals surface area contributed by atoms with Gasteiger partial charge in [-0.15, -0.1) is 0 Å². The SMILES string of the molecule is [CH2]NC(=O)CCCCC[N+](C)(C)CCCCCCCC. The van der Waals surface area contributed by atoms with Crippen LogP contribution >= 0.6 is 0 Å². The van der Waals surface area contributed by atoms with Crippen molar-refractivity contribution in [3.8, 4) is 0 Å². The van der Waals surface area contributed by atoms with E-state index in [0.717, 1.165) is 17.3 Å². The number of carbonyl (C=O) groups excluding carboxylic acids is 1. The van der Waals surface area contributed by atoms with Crippen LogP contribution in [0.4, 0.5) is 0 Å². The van der Waals surface area contributed by atoms with E-state index in [0.29, 0.717) is 6.42 Å². The van der Waals surface area contributed by atoms with Crippen molar-refractivity contribution in [1.29, 1.82) is 0 Å². The van der Waals surface area contributed by atoms with E-state index in [1.54, 1.807) is 0 Å². The molecular formula is C17H36N2O+. The normalized spacial score (nSPS) is 11.6. The molecule has 0 heterocycles. The van der Waals surface area contributed by atoms with E-state index in [2.05, 4.69) is 33.4 Å². The first kappa shape index (κ1) is 19.4. The van der Waals surface area contributed by atoms with Gasteiger partial charge in [-0.1, -0.05) is 32.6 Å². The minimum Gasteiger partial charge on any atom is -0.354 e. The van der Waals surface area contributed by atoms with Gasteiger partial charge in [0, 0.05) is 13.5 Å². The van der Waals surface area contributed by atoms with Gasteiger partial charge in [0.1, 0.15) is 0 Å². The van der Waals surface area contributed by atoms with Gasteiger partial charge in [-0.3, -0.25) is 4.79 Å². The highest BCUT2D eigenvalue weighted by Gasteiger charge is 2.13. The number of amides is 1. The highest BCUT2D eigenvalue weighted by molar-refractivity contribution is 5.75. The molecule has 119 valence electrons. The molecule has 0 aliphatic heterocycles. The van der Waals surface area contributed by atoms with Gasteiger partial charge in [0.25, 0.3) is 0 Å². The van der Waals surface area contributed by atoms with Crippen LogP contribution in [0.5, 0.6) is 0 Å². The largest absolute Gasteiger partial charge is 0.354 e. The number of rotatable bonds is 13. The van der Waals surface area contributed by atoms with Crippen molar-refractivity contribution >= 4 is 5.91 Å². The van der Waals surface area contributed by atoms with E-state index in [4.69, 9.17) is 0 Å². The Morgan fingerprint density at radius 1 is 0.900 bits per heavy atom. The molecule has 0 aromatic carbocycles. The minimum absolute atomic E-state index is 0.0610. The molecule has 1 radical (unpaired) electrons. The second-order valence-electron chi connectivity index (χ2n) is 6.56. The van der Waals surface area contributed by atoms with Crippen LogP contribution < -0.4 is 5.32 Å². The van der Waals surface area contributed by atoms with E-state index < -0.39 is 0 Å². The molecule has 0 aromatic rings. The first-order valence-electron chi connectivity index (χ1n) is 8.40. The van der Waals surface area contributed by atoms with Crippen LogP contribution in [-0.2, 0) is 4.79 Å². The molecule has 3 heteroatoms. The van der Waals surface area contributed by atoms with Crippen LogP contribution in [0.25, 0.3) is 0 Å². The third-order valence-corrected chi connectivity index (χ3v) is 3.98. The maximum Gasteiger partial charge on any atom is 0.220 e. The average molecular weight is 284 g/mol. The van der Waals surface area contributed by atoms with Crippen LogP contribution in [0.1, 0.15) is 71.1 Å². The number of carbonyl (C=O) groups is 1. The van der Waals surface area contributed by atoms with Crippen LogP contribution in [0.2, 0.25) is 0 Å². The minimum atomic E-state index is 0.0610. The van der Waals surface area contributed by atoms with Gasteiger partial charge in [-0.05, 0) is 32.1 Å². The summed E-state index contributed by atoms with van der Waals surface area (Å²) in [6.07, 6.45) is 12.2. The molecule has 0 aliphatic carbocycles. The van der Waals surface area contributed by atoms with Crippen molar-refractivity contribution in [1.82, 2.24) is 5.32 Å². The highest BCUT2D eigenvalue weighted by Crippen LogP contribution is 2.10. The summed E-state index contributed by atoms with van der Waals surface area (Å²) in [7, 11) is 8.04. The first-order valence-corrected chi connectivity index (χ1v) is 8.40. The van der Waals surface area contributed by atoms with Crippen LogP contribution in [0.3, 0.4) is 0 Å². The van der Waals surface area contributed by atoms with Gasteiger partial charge < -0.3 is 9.80 Å². The van der Waals surface area contributed by atoms with E-state index >= 15 is 0 Å². The zero-order chi connectivity index (χ0) is 15.3. The predicted molar refractivity (Wildman–Crippen MR) is 87.2 cm³/mol. The molecule has 0 fully saturated rings. The Labute approximate surface area is 126 Å². The van der Waals surface area contributed by atoms with Crippen molar-refractivity contribution in [3.05, 3.63) is 7.05 Å². The molecule has 3 nitrogen and oxygen atoms in total. The fraction of sp³-hybridized carbons (Fsp3) is 0.882. The van der Waals surface area contributed by atoms with Crippen molar-refractivity contribution in [3.63, 3.8) is 0 Å². The molecule has 0 bridgehead atoms. The topological polar surface area (TPSA) is 29.1 Å². The number of hydrogen-bond donors (Lipinski definition) is 1. The fourth-order valence-electron chi connectivity index (χ4n) is 2.52. The molecule has 20 heavy (non-hydrogen) atoms. The van der Waals surface area contributed by atoms with E-state index in [9.17, 15) is 4.79 Å². The smallest absolute Gasteiger partial charge is 0.220 e. The van der Waals surface area contributed by atoms with Gasteiger partial charge in [0.05, 0.1) is 27.2 Å². The molecule has 0 atom stereocenters. The lowest BCUT2D eigenvalue weighted by molar-refractivity contribution is -0.890. The summed E-state index contributed by atoms with van der Waals surface area (Å²) in [5.41, 5.74) is 0. The summed E-state index contributed by atoms with van der Waals surface area (Å²) < 4.78 is 1.12. The maximum absolute atomic E-state index is 11.0. The van der Waals surface area contributed by atoms with Crippen molar-refractivity contribution in [2.24, 2.45) is 0 Å². The highest BCUT2D eigenvalue weighted by atomic mass is 16.1. The zero-order valence-corrected chi connectivity index (χ0v) is 14.0. The number of nitrogens with zero attached hydrogens (tertiary/aromatic N) is 1. The molecule has 1 N–H and O–H groups in total. The summed E-state index contributed by atoms with van der Waals surface area (Å²) in [6.45, 7) is 4.77. The Kier molecular flexibility index (Phi) is 11.8. The molecule has 1 amide bonds. The van der Waals surface area contributed by atoms with E-state index in [1.807, 2.05) is 0 Å². The number of unbranched alkanes of at least 4 members (excludes halogenated alkanes) is 7. The molecule has 0 aromatic heterocycles. The average Bonchev–Trinajstić information content (AvgIpc) is 2.41. The summed E-state index contributed by atoms with van der Waals surface area (Å²) in [6, 6.07) is 0. The molecule has 0 saturated heterocycles. The van der Waals surface area contributed by atoms with Crippen molar-refractivity contribution in [2.75, 3.05) is 27.2 Å². The maximum atomic E-state index is 11.0. The summed E-state index contributed by atoms with van der Waals surface area (Å²) >= 11 is 0. The molecule has 0 saturated carbocycles. The zero-order valence-electron chi connectivity index (χ0n) is 14.0. The molecular weight excluding hydrogens is 248 g/mol. The molecule has 0 spiro atoms. The predicted octanol–water partition coefficient (Wildman–Crippen LogP) is 3.89. The molecule has 0 aliphatic rings. The number of quaternary nitrogens is 1. The Morgan fingerprint density at radius 2 is 1.40 bits per heavy atom. The molecule has 0 unspecified atom stereocenters. The molecule has 0 rings (SSSR count). The van der Waals surface area contributed by atoms with Crippen LogP contribution in [0.15, 0.2) is 0 Å². The van der Waals surface area contributed by atoms with E-state index in [-0.39, 0.29) is 5.91 Å². The monoisotopic (exact) mass is 284 g/mol. The van der Waals surface area contributed by atoms with Crippen LogP contribution in [-0.4, -0.2) is 37.6 Å². The quantitative estimate of drug-likeness (QED) is 0.403. The Hall–Kier alpha value is -0.570. The summed E-state index contributed by atoms with van der Waals surface area (Å²) in [5, 5.41) is 2.43. The summed E-state index contributed by atoms with van der Waals surface area (Å²) in [4.78, 5) is 11.0. The Morgan fingerprint density at radius 3 is 1.95 bits per heavy atom. The fourth-order valence-corrected chi connectivity index (χ4v) is 2.52. The first-order chi connectivity index (χ1) is 9.52. The third-order valence-electron chi connectivity index (χ3n) is 3.98. The van der Waals surface area contributed by atoms with Gasteiger partial charge in [-0.25, -0.2) is 0 Å². The van der Waals surface area contributed by atoms with Gasteiger partial charge in [0.2, 0.25) is 5.91 Å². The van der Waals surface area contributed by atoms with E-state index in [1.165, 1.54) is 58.0 Å². The second kappa shape index (κ2) is 12.2. The lowest BCUT2D eigenvalue weighted by Gasteiger charge is -2.30. The number of hydrogen-bond acceptors (Lipinski definition) is 1.